The summed E-state index contributed by atoms with van der Waals surface area (Å²) in [6, 6.07) is 0. The molecule has 1 N–H and O–H groups in total. The van der Waals surface area contributed by atoms with Crippen molar-refractivity contribution in [1.29, 1.82) is 0 Å². The van der Waals surface area contributed by atoms with Crippen molar-refractivity contribution in [2.45, 2.75) is 26.0 Å². The van der Waals surface area contributed by atoms with Gasteiger partial charge >= 0.3 is 5.97 Å². The largest absolute Gasteiger partial charge is 0.691 e. The molecule has 0 saturated carbocycles. The van der Waals surface area contributed by atoms with E-state index in [-0.39, 0.29) is 46.0 Å². The molecule has 0 aliphatic rings. The van der Waals surface area contributed by atoms with Crippen molar-refractivity contribution in [1.82, 2.24) is 0 Å². The van der Waals surface area contributed by atoms with Crippen LogP contribution in [0.2, 0.25) is 0 Å². The maximum Gasteiger partial charge on any atom is 0.321 e. The van der Waals surface area contributed by atoms with E-state index < -0.39 is 10.7 Å². The first kappa shape index (κ1) is 23.5. The molecule has 0 radical (unpaired) electrons. The van der Waals surface area contributed by atoms with Crippen LogP contribution in [0.25, 0.3) is 0 Å². The minimum absolute atomic E-state index is 0. The van der Waals surface area contributed by atoms with Crippen LogP contribution in [0, 0.1) is 38.5 Å². The predicted molar refractivity (Wildman–Crippen MR) is 44.6 cm³/mol. The first-order valence-corrected chi connectivity index (χ1v) is 3.12. The molecule has 0 aromatic rings. The molecule has 0 bridgehead atoms. The Morgan fingerprint density at radius 1 is 1.54 bits per heavy atom. The zero-order valence-electron chi connectivity index (χ0n) is 6.99. The SMILES string of the molecule is C.CC(C)(SOO[O-])C(=O)O.[CH3-].[U]. The predicted octanol–water partition coefficient (Wildman–Crippen LogP) is 0.808. The number of carboxylic acids is 1. The number of hydrogen-bond acceptors (Lipinski definition) is 5. The number of aliphatic carboxylic acids is 1. The van der Waals surface area contributed by atoms with Gasteiger partial charge in [0, 0.05) is 43.2 Å². The van der Waals surface area contributed by atoms with Gasteiger partial charge in [-0.1, -0.05) is 7.43 Å². The minimum atomic E-state index is -1.16. The zero-order chi connectivity index (χ0) is 8.20. The van der Waals surface area contributed by atoms with Crippen molar-refractivity contribution in [3.05, 3.63) is 7.43 Å². The molecule has 0 saturated heterocycles. The van der Waals surface area contributed by atoms with Crippen molar-refractivity contribution < 1.29 is 55.6 Å². The fourth-order valence-electron chi connectivity index (χ4n) is 0.135. The van der Waals surface area contributed by atoms with Crippen LogP contribution in [-0.2, 0) is 14.2 Å². The van der Waals surface area contributed by atoms with E-state index in [1.54, 1.807) is 0 Å². The summed E-state index contributed by atoms with van der Waals surface area (Å²) in [4.78, 5) is 10.3. The summed E-state index contributed by atoms with van der Waals surface area (Å²) in [6.45, 7) is 2.78. The Morgan fingerprint density at radius 3 is 2.15 bits per heavy atom. The van der Waals surface area contributed by atoms with Crippen molar-refractivity contribution in [3.63, 3.8) is 0 Å². The van der Waals surface area contributed by atoms with E-state index in [9.17, 15) is 10.1 Å². The monoisotopic (exact) mass is 436 g/mol. The molecule has 0 aromatic carbocycles. The molecule has 0 aromatic heterocycles. The molecule has 0 heterocycles. The van der Waals surface area contributed by atoms with E-state index in [0.717, 1.165) is 0 Å². The molecule has 0 spiro atoms. The van der Waals surface area contributed by atoms with Crippen LogP contribution in [0.15, 0.2) is 0 Å². The minimum Gasteiger partial charge on any atom is -0.691 e. The Balaban J connectivity index is -0.000000135. The van der Waals surface area contributed by atoms with Gasteiger partial charge in [-0.15, -0.1) is 0 Å². The van der Waals surface area contributed by atoms with Crippen LogP contribution in [0.3, 0.4) is 0 Å². The van der Waals surface area contributed by atoms with Crippen molar-refractivity contribution in [3.8, 4) is 0 Å². The van der Waals surface area contributed by atoms with Crippen molar-refractivity contribution in [2.24, 2.45) is 0 Å². The first-order chi connectivity index (χ1) is 4.50. The standard InChI is InChI=1S/C4H8O5S.CH4.CH3.U/c1-4(2,3(5)6)10-9-8-7;;;/h7H,1-2H3,(H,5,6);1H4;1H3;/q;;-1;/p-1. The average molecular weight is 436 g/mol. The topological polar surface area (TPSA) is 78.8 Å². The zero-order valence-corrected chi connectivity index (χ0v) is 12.0. The maximum absolute atomic E-state index is 10.3. The van der Waals surface area contributed by atoms with Gasteiger partial charge in [0.1, 0.15) is 4.75 Å². The number of carboxylic acid groups (broad SMARTS) is 1. The summed E-state index contributed by atoms with van der Waals surface area (Å²) in [6.07, 6.45) is 0. The van der Waals surface area contributed by atoms with Crippen molar-refractivity contribution >= 4 is 18.0 Å². The number of rotatable bonds is 4. The van der Waals surface area contributed by atoms with Gasteiger partial charge in [-0.3, -0.25) is 9.83 Å². The molecule has 13 heavy (non-hydrogen) atoms. The van der Waals surface area contributed by atoms with Gasteiger partial charge in [0.25, 0.3) is 0 Å². The Kier molecular flexibility index (Phi) is 19.6. The summed E-state index contributed by atoms with van der Waals surface area (Å²) >= 11 is 0.453. The molecule has 0 atom stereocenters. The molecule has 0 aliphatic heterocycles. The molecule has 80 valence electrons. The van der Waals surface area contributed by atoms with E-state index in [0.29, 0.717) is 12.0 Å². The number of carbonyl (C=O) groups is 1. The molecule has 0 rings (SSSR count). The summed E-state index contributed by atoms with van der Waals surface area (Å²) in [5, 5.41) is 20.7. The van der Waals surface area contributed by atoms with Gasteiger partial charge in [0.05, 0.1) is 0 Å². The normalized spacial score (nSPS) is 8.85. The molecular formula is C6H14O5SU-2. The van der Waals surface area contributed by atoms with Gasteiger partial charge in [-0.05, 0) is 13.8 Å². The van der Waals surface area contributed by atoms with E-state index in [1.165, 1.54) is 13.8 Å². The van der Waals surface area contributed by atoms with Gasteiger partial charge in [0.15, 0.2) is 0 Å². The fourth-order valence-corrected chi connectivity index (χ4v) is 0.404. The molecule has 0 unspecified atom stereocenters. The van der Waals surface area contributed by atoms with E-state index in [4.69, 9.17) is 5.11 Å². The third-order valence-electron chi connectivity index (χ3n) is 0.785. The molecule has 0 amide bonds. The second-order valence-corrected chi connectivity index (χ2v) is 3.36. The van der Waals surface area contributed by atoms with Gasteiger partial charge in [-0.2, -0.15) is 4.33 Å². The average Bonchev–Trinajstić information content (AvgIpc) is 1.84. The summed E-state index contributed by atoms with van der Waals surface area (Å²) in [5.41, 5.74) is 0. The van der Waals surface area contributed by atoms with Gasteiger partial charge in [0.2, 0.25) is 0 Å². The smallest absolute Gasteiger partial charge is 0.321 e. The summed E-state index contributed by atoms with van der Waals surface area (Å²) < 4.78 is 2.68. The third-order valence-corrected chi connectivity index (χ3v) is 1.50. The van der Waals surface area contributed by atoms with Crippen LogP contribution < -0.4 is 5.26 Å². The van der Waals surface area contributed by atoms with Crippen LogP contribution in [-0.4, -0.2) is 15.8 Å². The summed E-state index contributed by atoms with van der Waals surface area (Å²) in [5.74, 6) is -1.07. The molecular weight excluding hydrogens is 422 g/mol. The summed E-state index contributed by atoms with van der Waals surface area (Å²) in [7, 11) is 0. The third kappa shape index (κ3) is 10.7. The van der Waals surface area contributed by atoms with Crippen LogP contribution >= 0.6 is 12.0 Å². The Morgan fingerprint density at radius 2 is 1.92 bits per heavy atom. The Hall–Kier alpha value is 0.752. The number of hydrogen-bond donors (Lipinski definition) is 1. The molecule has 7 heteroatoms. The van der Waals surface area contributed by atoms with Gasteiger partial charge in [-0.25, -0.2) is 0 Å². The van der Waals surface area contributed by atoms with E-state index >= 15 is 0 Å². The van der Waals surface area contributed by atoms with E-state index in [2.05, 4.69) is 9.37 Å². The molecule has 5 nitrogen and oxygen atoms in total. The Bertz CT molecular complexity index is 130. The maximum atomic E-state index is 10.3. The first-order valence-electron chi connectivity index (χ1n) is 2.38. The second-order valence-electron chi connectivity index (χ2n) is 2.03. The molecule has 0 aliphatic carbocycles. The fraction of sp³-hybridized carbons (Fsp3) is 0.667. The van der Waals surface area contributed by atoms with Crippen LogP contribution in [0.5, 0.6) is 0 Å². The van der Waals surface area contributed by atoms with E-state index in [1.807, 2.05) is 0 Å². The Labute approximate surface area is 107 Å². The van der Waals surface area contributed by atoms with Crippen molar-refractivity contribution in [2.75, 3.05) is 0 Å². The second kappa shape index (κ2) is 10.8. The van der Waals surface area contributed by atoms with Crippen LogP contribution in [0.1, 0.15) is 21.3 Å². The molecule has 0 fully saturated rings. The quantitative estimate of drug-likeness (QED) is 0.304. The van der Waals surface area contributed by atoms with Crippen LogP contribution in [0.4, 0.5) is 0 Å². The van der Waals surface area contributed by atoms with Gasteiger partial charge < -0.3 is 17.8 Å².